The first kappa shape index (κ1) is 20.5. The number of hydrogen-bond donors (Lipinski definition) is 0. The molecule has 1 aliphatic heterocycles. The zero-order valence-electron chi connectivity index (χ0n) is 15.0. The molecule has 1 heterocycles. The normalized spacial score (nSPS) is 17.3. The molecule has 1 aromatic rings. The Labute approximate surface area is 156 Å². The molecule has 144 valence electrons. The van der Waals surface area contributed by atoms with Crippen LogP contribution in [0.4, 0.5) is 13.2 Å². The fraction of sp³-hybridized carbons (Fsp3) is 0.556. The maximum atomic E-state index is 13.5. The number of halogens is 3. The van der Waals surface area contributed by atoms with Gasteiger partial charge < -0.3 is 14.4 Å². The van der Waals surface area contributed by atoms with Gasteiger partial charge in [0.1, 0.15) is 16.8 Å². The Hall–Kier alpha value is -1.83. The molecular weight excluding hydrogens is 367 g/mol. The highest BCUT2D eigenvalue weighted by Gasteiger charge is 2.38. The van der Waals surface area contributed by atoms with Crippen molar-refractivity contribution in [2.75, 3.05) is 20.8 Å². The van der Waals surface area contributed by atoms with Gasteiger partial charge in [-0.1, -0.05) is 25.6 Å². The van der Waals surface area contributed by atoms with Crippen LogP contribution in [-0.4, -0.2) is 42.7 Å². The second-order valence-corrected chi connectivity index (χ2v) is 6.53. The smallest absolute Gasteiger partial charge is 0.419 e. The Morgan fingerprint density at radius 3 is 2.58 bits per heavy atom. The molecule has 1 atom stereocenters. The van der Waals surface area contributed by atoms with E-state index in [4.69, 9.17) is 21.7 Å². The molecule has 1 aliphatic rings. The second kappa shape index (κ2) is 8.24. The fourth-order valence-corrected chi connectivity index (χ4v) is 3.61. The number of rotatable bonds is 5. The van der Waals surface area contributed by atoms with Crippen molar-refractivity contribution >= 4 is 23.2 Å². The van der Waals surface area contributed by atoms with Crippen molar-refractivity contribution in [1.82, 2.24) is 4.90 Å². The summed E-state index contributed by atoms with van der Waals surface area (Å²) in [5.74, 6) is -0.597. The molecule has 1 saturated heterocycles. The molecule has 2 rings (SSSR count). The van der Waals surface area contributed by atoms with E-state index in [0.717, 1.165) is 12.5 Å². The first-order valence-corrected chi connectivity index (χ1v) is 8.82. The maximum Gasteiger partial charge on any atom is 0.419 e. The molecule has 1 aromatic carbocycles. The van der Waals surface area contributed by atoms with E-state index in [0.29, 0.717) is 31.4 Å². The van der Waals surface area contributed by atoms with Gasteiger partial charge >= 0.3 is 12.1 Å². The number of ether oxygens (including phenoxy) is 2. The summed E-state index contributed by atoms with van der Waals surface area (Å²) < 4.78 is 50.4. The van der Waals surface area contributed by atoms with Crippen molar-refractivity contribution < 1.29 is 27.4 Å². The third kappa shape index (κ3) is 4.11. The van der Waals surface area contributed by atoms with Crippen LogP contribution in [0.3, 0.4) is 0 Å². The molecule has 0 aliphatic carbocycles. The van der Waals surface area contributed by atoms with Gasteiger partial charge in [-0.2, -0.15) is 13.2 Å². The Kier molecular flexibility index (Phi) is 6.49. The number of carbonyl (C=O) groups excluding carboxylic acids is 1. The summed E-state index contributed by atoms with van der Waals surface area (Å²) >= 11 is 5.44. The summed E-state index contributed by atoms with van der Waals surface area (Å²) in [5.41, 5.74) is -0.125. The first-order chi connectivity index (χ1) is 12.2. The summed E-state index contributed by atoms with van der Waals surface area (Å²) in [5, 5.41) is 0. The quantitative estimate of drug-likeness (QED) is 0.563. The number of hydrogen-bond acceptors (Lipinski definition) is 4. The lowest BCUT2D eigenvalue weighted by molar-refractivity contribution is -0.144. The summed E-state index contributed by atoms with van der Waals surface area (Å²) in [6.07, 6.45) is -2.17. The van der Waals surface area contributed by atoms with Crippen LogP contribution in [0.25, 0.3) is 0 Å². The van der Waals surface area contributed by atoms with Crippen LogP contribution < -0.4 is 4.74 Å². The van der Waals surface area contributed by atoms with Gasteiger partial charge in [-0.3, -0.25) is 0 Å². The van der Waals surface area contributed by atoms with Gasteiger partial charge in [0.25, 0.3) is 0 Å². The van der Waals surface area contributed by atoms with E-state index >= 15 is 0 Å². The second-order valence-electron chi connectivity index (χ2n) is 6.14. The van der Waals surface area contributed by atoms with E-state index in [1.165, 1.54) is 14.2 Å². The Balaban J connectivity index is 2.49. The van der Waals surface area contributed by atoms with E-state index < -0.39 is 23.8 Å². The lowest BCUT2D eigenvalue weighted by Crippen LogP contribution is -2.40. The highest BCUT2D eigenvalue weighted by molar-refractivity contribution is 7.80. The zero-order chi connectivity index (χ0) is 19.5. The van der Waals surface area contributed by atoms with Crippen LogP contribution in [0.15, 0.2) is 12.1 Å². The third-order valence-electron chi connectivity index (χ3n) is 4.43. The minimum atomic E-state index is -4.56. The average Bonchev–Trinajstić information content (AvgIpc) is 3.08. The number of esters is 1. The molecule has 8 heteroatoms. The Bertz CT molecular complexity index is 691. The van der Waals surface area contributed by atoms with E-state index in [2.05, 4.69) is 0 Å². The Morgan fingerprint density at radius 1 is 1.35 bits per heavy atom. The molecule has 0 amide bonds. The number of methoxy groups -OCH3 is 2. The molecule has 0 unspecified atom stereocenters. The average molecular weight is 389 g/mol. The summed E-state index contributed by atoms with van der Waals surface area (Å²) in [6, 6.07) is 2.08. The molecule has 4 nitrogen and oxygen atoms in total. The van der Waals surface area contributed by atoms with Crippen LogP contribution in [0, 0.1) is 0 Å². The largest absolute Gasteiger partial charge is 0.496 e. The lowest BCUT2D eigenvalue weighted by Gasteiger charge is -2.26. The van der Waals surface area contributed by atoms with E-state index in [1.54, 1.807) is 11.0 Å². The summed E-state index contributed by atoms with van der Waals surface area (Å²) in [7, 11) is 2.52. The van der Waals surface area contributed by atoms with Crippen molar-refractivity contribution in [3.05, 3.63) is 28.8 Å². The van der Waals surface area contributed by atoms with Gasteiger partial charge in [-0.25, -0.2) is 4.79 Å². The highest BCUT2D eigenvalue weighted by atomic mass is 32.1. The number of nitrogens with zero attached hydrogens (tertiary/aromatic N) is 1. The van der Waals surface area contributed by atoms with Gasteiger partial charge in [0.05, 0.1) is 19.8 Å². The standard InChI is InChI=1S/C18H22F3NO3S/c1-4-6-11-9-12(10-13(15(11)24-2)18(19,20)21)16(26)22-8-5-7-14(22)17(23)25-3/h9-10,14H,4-8H2,1-3H3/t14-/m1/s1. The molecule has 26 heavy (non-hydrogen) atoms. The number of benzene rings is 1. The van der Waals surface area contributed by atoms with Crippen LogP contribution in [-0.2, 0) is 22.1 Å². The number of likely N-dealkylation sites (tertiary alicyclic amines) is 1. The molecule has 0 aromatic heterocycles. The summed E-state index contributed by atoms with van der Waals surface area (Å²) in [6.45, 7) is 2.39. The van der Waals surface area contributed by atoms with Crippen LogP contribution in [0.5, 0.6) is 5.75 Å². The topological polar surface area (TPSA) is 38.8 Å². The van der Waals surface area contributed by atoms with Crippen LogP contribution in [0.2, 0.25) is 0 Å². The van der Waals surface area contributed by atoms with Gasteiger partial charge in [0.2, 0.25) is 0 Å². The monoisotopic (exact) mass is 389 g/mol. The minimum Gasteiger partial charge on any atom is -0.496 e. The molecule has 1 fully saturated rings. The van der Waals surface area contributed by atoms with Gasteiger partial charge in [-0.15, -0.1) is 0 Å². The SMILES string of the molecule is CCCc1cc(C(=S)N2CCC[C@@H]2C(=O)OC)cc(C(F)(F)F)c1OC. The Morgan fingerprint density at radius 2 is 2.04 bits per heavy atom. The predicted molar refractivity (Wildman–Crippen MR) is 95.4 cm³/mol. The minimum absolute atomic E-state index is 0.170. The van der Waals surface area contributed by atoms with Crippen LogP contribution >= 0.6 is 12.2 Å². The van der Waals surface area contributed by atoms with E-state index in [1.807, 2.05) is 6.92 Å². The lowest BCUT2D eigenvalue weighted by atomic mass is 9.99. The molecular formula is C18H22F3NO3S. The molecule has 0 bridgehead atoms. The molecule has 0 N–H and O–H groups in total. The third-order valence-corrected chi connectivity index (χ3v) is 4.90. The van der Waals surface area contributed by atoms with Gasteiger partial charge in [-0.05, 0) is 37.0 Å². The number of thiocarbonyl (C=S) groups is 1. The van der Waals surface area contributed by atoms with Crippen molar-refractivity contribution in [1.29, 1.82) is 0 Å². The number of alkyl halides is 3. The maximum absolute atomic E-state index is 13.5. The van der Waals surface area contributed by atoms with Gasteiger partial charge in [0.15, 0.2) is 0 Å². The van der Waals surface area contributed by atoms with Crippen molar-refractivity contribution in [2.24, 2.45) is 0 Å². The van der Waals surface area contributed by atoms with E-state index in [9.17, 15) is 18.0 Å². The van der Waals surface area contributed by atoms with Crippen LogP contribution in [0.1, 0.15) is 42.9 Å². The molecule has 0 saturated carbocycles. The first-order valence-electron chi connectivity index (χ1n) is 8.41. The summed E-state index contributed by atoms with van der Waals surface area (Å²) in [4.78, 5) is 13.8. The van der Waals surface area contributed by atoms with Crippen molar-refractivity contribution in [3.8, 4) is 5.75 Å². The fourth-order valence-electron chi connectivity index (χ4n) is 3.28. The van der Waals surface area contributed by atoms with Gasteiger partial charge in [0, 0.05) is 12.1 Å². The highest BCUT2D eigenvalue weighted by Crippen LogP contribution is 2.40. The van der Waals surface area contributed by atoms with E-state index in [-0.39, 0.29) is 16.3 Å². The zero-order valence-corrected chi connectivity index (χ0v) is 15.8. The predicted octanol–water partition coefficient (Wildman–Crippen LogP) is 3.98. The van der Waals surface area contributed by atoms with Crippen molar-refractivity contribution in [3.63, 3.8) is 0 Å². The number of aryl methyl sites for hydroxylation is 1. The molecule has 0 spiro atoms. The molecule has 0 radical (unpaired) electrons. The van der Waals surface area contributed by atoms with Crippen molar-refractivity contribution in [2.45, 2.75) is 44.8 Å². The number of carbonyl (C=O) groups is 1.